The van der Waals surface area contributed by atoms with Gasteiger partial charge in [-0.15, -0.1) is 22.7 Å². The van der Waals surface area contributed by atoms with Gasteiger partial charge >= 0.3 is 0 Å². The molecule has 21 heavy (non-hydrogen) atoms. The second-order valence-electron chi connectivity index (χ2n) is 4.70. The molecule has 2 aromatic heterocycles. The molecular weight excluding hydrogens is 300 g/mol. The van der Waals surface area contributed by atoms with Crippen LogP contribution in [-0.4, -0.2) is 5.91 Å². The summed E-state index contributed by atoms with van der Waals surface area (Å²) in [5, 5.41) is 13.8. The van der Waals surface area contributed by atoms with Gasteiger partial charge < -0.3 is 5.32 Å². The smallest absolute Gasteiger partial charge is 0.266 e. The van der Waals surface area contributed by atoms with E-state index in [1.807, 2.05) is 44.2 Å². The molecule has 1 amide bonds. The zero-order valence-corrected chi connectivity index (χ0v) is 13.2. The van der Waals surface area contributed by atoms with Gasteiger partial charge in [-0.2, -0.15) is 5.26 Å². The highest BCUT2D eigenvalue weighted by Gasteiger charge is 2.16. The Balaban J connectivity index is 1.93. The summed E-state index contributed by atoms with van der Waals surface area (Å²) in [6.45, 7) is 3.86. The predicted octanol–water partition coefficient (Wildman–Crippen LogP) is 4.70. The third kappa shape index (κ3) is 2.44. The molecule has 104 valence electrons. The number of nitrogens with one attached hydrogen (secondary N) is 1. The van der Waals surface area contributed by atoms with E-state index in [0.29, 0.717) is 15.4 Å². The number of nitriles is 1. The minimum Gasteiger partial charge on any atom is -0.312 e. The summed E-state index contributed by atoms with van der Waals surface area (Å²) in [6.07, 6.45) is 0. The number of hydrogen-bond donors (Lipinski definition) is 1. The fourth-order valence-corrected chi connectivity index (χ4v) is 4.07. The van der Waals surface area contributed by atoms with E-state index < -0.39 is 0 Å². The first kappa shape index (κ1) is 13.8. The molecule has 0 aliphatic heterocycles. The van der Waals surface area contributed by atoms with Crippen LogP contribution in [0.4, 0.5) is 5.00 Å². The maximum absolute atomic E-state index is 12.4. The maximum atomic E-state index is 12.4. The van der Waals surface area contributed by atoms with Gasteiger partial charge in [0.2, 0.25) is 0 Å². The Kier molecular flexibility index (Phi) is 3.50. The number of anilines is 1. The van der Waals surface area contributed by atoms with E-state index in [2.05, 4.69) is 11.4 Å². The number of benzene rings is 1. The van der Waals surface area contributed by atoms with Gasteiger partial charge in [-0.3, -0.25) is 4.79 Å². The highest BCUT2D eigenvalue weighted by atomic mass is 32.1. The molecule has 0 aliphatic rings. The Morgan fingerprint density at radius 3 is 2.71 bits per heavy atom. The third-order valence-corrected chi connectivity index (χ3v) is 5.61. The SMILES string of the molecule is Cc1sc(NC(=O)c2cc3ccccc3s2)c(C#N)c1C. The molecule has 0 unspecified atom stereocenters. The molecule has 0 fully saturated rings. The van der Waals surface area contributed by atoms with Crippen LogP contribution in [0.25, 0.3) is 10.1 Å². The van der Waals surface area contributed by atoms with Crippen LogP contribution in [0.2, 0.25) is 0 Å². The lowest BCUT2D eigenvalue weighted by Gasteiger charge is -2.00. The van der Waals surface area contributed by atoms with E-state index in [1.165, 1.54) is 22.7 Å². The van der Waals surface area contributed by atoms with E-state index in [-0.39, 0.29) is 5.91 Å². The standard InChI is InChI=1S/C16H12N2OS2/c1-9-10(2)20-16(12(9)8-17)18-15(19)14-7-11-5-3-4-6-13(11)21-14/h3-7H,1-2H3,(H,18,19). The Hall–Kier alpha value is -2.16. The summed E-state index contributed by atoms with van der Waals surface area (Å²) in [6, 6.07) is 12.0. The van der Waals surface area contributed by atoms with Crippen molar-refractivity contribution in [2.75, 3.05) is 5.32 Å². The van der Waals surface area contributed by atoms with Crippen molar-refractivity contribution in [3.63, 3.8) is 0 Å². The molecule has 0 saturated carbocycles. The number of carbonyl (C=O) groups is 1. The molecule has 5 heteroatoms. The summed E-state index contributed by atoms with van der Waals surface area (Å²) in [5.41, 5.74) is 1.50. The van der Waals surface area contributed by atoms with Crippen molar-refractivity contribution in [1.82, 2.24) is 0 Å². The van der Waals surface area contributed by atoms with Gasteiger partial charge in [0, 0.05) is 9.58 Å². The Morgan fingerprint density at radius 2 is 2.00 bits per heavy atom. The maximum Gasteiger partial charge on any atom is 0.266 e. The second-order valence-corrected chi connectivity index (χ2v) is 7.01. The predicted molar refractivity (Wildman–Crippen MR) is 88.3 cm³/mol. The lowest BCUT2D eigenvalue weighted by atomic mass is 10.2. The molecule has 0 saturated heterocycles. The number of nitrogens with zero attached hydrogens (tertiary/aromatic N) is 1. The topological polar surface area (TPSA) is 52.9 Å². The lowest BCUT2D eigenvalue weighted by Crippen LogP contribution is -2.09. The molecule has 0 radical (unpaired) electrons. The average molecular weight is 312 g/mol. The number of fused-ring (bicyclic) bond motifs is 1. The summed E-state index contributed by atoms with van der Waals surface area (Å²) < 4.78 is 1.08. The molecule has 3 rings (SSSR count). The van der Waals surface area contributed by atoms with Crippen LogP contribution < -0.4 is 5.32 Å². The molecule has 3 aromatic rings. The highest BCUT2D eigenvalue weighted by molar-refractivity contribution is 7.21. The minimum absolute atomic E-state index is 0.158. The molecule has 0 spiro atoms. The van der Waals surface area contributed by atoms with Gasteiger partial charge in [-0.1, -0.05) is 18.2 Å². The van der Waals surface area contributed by atoms with Crippen molar-refractivity contribution in [3.8, 4) is 6.07 Å². The van der Waals surface area contributed by atoms with Crippen molar-refractivity contribution >= 4 is 43.7 Å². The van der Waals surface area contributed by atoms with E-state index in [9.17, 15) is 10.1 Å². The van der Waals surface area contributed by atoms with Crippen LogP contribution >= 0.6 is 22.7 Å². The molecule has 0 bridgehead atoms. The zero-order chi connectivity index (χ0) is 15.0. The van der Waals surface area contributed by atoms with Crippen molar-refractivity contribution in [3.05, 3.63) is 51.2 Å². The fraction of sp³-hybridized carbons (Fsp3) is 0.125. The molecule has 3 nitrogen and oxygen atoms in total. The number of thiophene rings is 2. The van der Waals surface area contributed by atoms with Crippen molar-refractivity contribution in [1.29, 1.82) is 5.26 Å². The van der Waals surface area contributed by atoms with Gasteiger partial charge in [0.25, 0.3) is 5.91 Å². The molecular formula is C16H12N2OS2. The van der Waals surface area contributed by atoms with E-state index in [1.54, 1.807) is 0 Å². The summed E-state index contributed by atoms with van der Waals surface area (Å²) in [4.78, 5) is 14.1. The number of rotatable bonds is 2. The van der Waals surface area contributed by atoms with Crippen molar-refractivity contribution in [2.24, 2.45) is 0 Å². The number of carbonyl (C=O) groups excluding carboxylic acids is 1. The molecule has 2 heterocycles. The summed E-state index contributed by atoms with van der Waals surface area (Å²) >= 11 is 2.90. The fourth-order valence-electron chi connectivity index (χ4n) is 2.11. The number of aryl methyl sites for hydroxylation is 1. The second kappa shape index (κ2) is 5.32. The van der Waals surface area contributed by atoms with Crippen LogP contribution in [0.3, 0.4) is 0 Å². The van der Waals surface area contributed by atoms with Crippen LogP contribution in [0.5, 0.6) is 0 Å². The first-order valence-electron chi connectivity index (χ1n) is 6.40. The molecule has 0 atom stereocenters. The Morgan fingerprint density at radius 1 is 1.24 bits per heavy atom. The van der Waals surface area contributed by atoms with Crippen molar-refractivity contribution < 1.29 is 4.79 Å². The Bertz CT molecular complexity index is 850. The third-order valence-electron chi connectivity index (χ3n) is 3.37. The van der Waals surface area contributed by atoms with E-state index in [0.717, 1.165) is 20.5 Å². The highest BCUT2D eigenvalue weighted by Crippen LogP contribution is 2.33. The lowest BCUT2D eigenvalue weighted by molar-refractivity contribution is 0.103. The number of amides is 1. The molecule has 1 N–H and O–H groups in total. The van der Waals surface area contributed by atoms with Crippen LogP contribution in [-0.2, 0) is 0 Å². The minimum atomic E-state index is -0.158. The van der Waals surface area contributed by atoms with Gasteiger partial charge in [0.05, 0.1) is 10.4 Å². The van der Waals surface area contributed by atoms with Crippen LogP contribution in [0, 0.1) is 25.2 Å². The van der Waals surface area contributed by atoms with Gasteiger partial charge in [0.15, 0.2) is 0 Å². The van der Waals surface area contributed by atoms with Gasteiger partial charge in [0.1, 0.15) is 11.1 Å². The first-order chi connectivity index (χ1) is 10.1. The average Bonchev–Trinajstić information content (AvgIpc) is 3.01. The largest absolute Gasteiger partial charge is 0.312 e. The quantitative estimate of drug-likeness (QED) is 0.745. The van der Waals surface area contributed by atoms with Crippen LogP contribution in [0.1, 0.15) is 25.7 Å². The van der Waals surface area contributed by atoms with E-state index in [4.69, 9.17) is 0 Å². The number of hydrogen-bond acceptors (Lipinski definition) is 4. The Labute approximate surface area is 130 Å². The summed E-state index contributed by atoms with van der Waals surface area (Å²) in [7, 11) is 0. The van der Waals surface area contributed by atoms with Crippen LogP contribution in [0.15, 0.2) is 30.3 Å². The zero-order valence-electron chi connectivity index (χ0n) is 11.6. The van der Waals surface area contributed by atoms with Crippen molar-refractivity contribution in [2.45, 2.75) is 13.8 Å². The summed E-state index contributed by atoms with van der Waals surface area (Å²) in [5.74, 6) is -0.158. The van der Waals surface area contributed by atoms with E-state index >= 15 is 0 Å². The van der Waals surface area contributed by atoms with Gasteiger partial charge in [-0.25, -0.2) is 0 Å². The normalized spacial score (nSPS) is 10.5. The monoisotopic (exact) mass is 312 g/mol. The first-order valence-corrected chi connectivity index (χ1v) is 8.03. The van der Waals surface area contributed by atoms with Gasteiger partial charge in [-0.05, 0) is 36.9 Å². The molecule has 0 aliphatic carbocycles. The molecule has 1 aromatic carbocycles.